The van der Waals surface area contributed by atoms with E-state index in [1.807, 2.05) is 36.5 Å². The third-order valence-electron chi connectivity index (χ3n) is 7.98. The standard InChI is InChI=1S/C40H43N2O.Pt/c1-38(2,3)30-17-18-41-34(25-30)26-13-12-14-27(19-26)35-22-29(23-36(42-35)33-15-10-11-16-37(33)43)28-20-31(39(4,5)6)24-32(21-28)40(7,8)9;/h10-18,20-25,43H,1-9H3;/q-1;. The van der Waals surface area contributed by atoms with Crippen molar-refractivity contribution in [3.63, 3.8) is 0 Å². The van der Waals surface area contributed by atoms with Crippen molar-refractivity contribution in [2.24, 2.45) is 0 Å². The van der Waals surface area contributed by atoms with Crippen LogP contribution < -0.4 is 0 Å². The molecular formula is C40H43N2OPt-. The molecule has 0 unspecified atom stereocenters. The Bertz CT molecular complexity index is 1750. The Balaban J connectivity index is 0.00000442. The number of benzene rings is 3. The zero-order valence-corrected chi connectivity index (χ0v) is 29.6. The summed E-state index contributed by atoms with van der Waals surface area (Å²) >= 11 is 0. The number of phenolic OH excluding ortho intramolecular Hbond substituents is 1. The molecular weight excluding hydrogens is 720 g/mol. The molecule has 0 fully saturated rings. The van der Waals surface area contributed by atoms with E-state index in [0.717, 1.165) is 39.3 Å². The van der Waals surface area contributed by atoms with Crippen LogP contribution in [0.2, 0.25) is 0 Å². The van der Waals surface area contributed by atoms with Gasteiger partial charge in [0, 0.05) is 44.2 Å². The minimum Gasteiger partial charge on any atom is -0.507 e. The summed E-state index contributed by atoms with van der Waals surface area (Å²) in [6.45, 7) is 20.2. The summed E-state index contributed by atoms with van der Waals surface area (Å²) in [5, 5.41) is 10.8. The third-order valence-corrected chi connectivity index (χ3v) is 7.98. The van der Waals surface area contributed by atoms with Crippen molar-refractivity contribution in [3.8, 4) is 50.6 Å². The molecule has 0 amide bonds. The minimum absolute atomic E-state index is 0. The Kier molecular flexibility index (Phi) is 9.43. The molecule has 2 aromatic heterocycles. The van der Waals surface area contributed by atoms with Crippen molar-refractivity contribution in [2.45, 2.75) is 78.6 Å². The molecule has 0 aliphatic heterocycles. The van der Waals surface area contributed by atoms with Gasteiger partial charge in [0.2, 0.25) is 0 Å². The van der Waals surface area contributed by atoms with Crippen LogP contribution in [0.5, 0.6) is 5.75 Å². The van der Waals surface area contributed by atoms with Gasteiger partial charge in [0.1, 0.15) is 5.75 Å². The molecule has 0 saturated carbocycles. The monoisotopic (exact) mass is 762 g/mol. The van der Waals surface area contributed by atoms with Crippen molar-refractivity contribution in [3.05, 3.63) is 114 Å². The van der Waals surface area contributed by atoms with E-state index in [1.165, 1.54) is 16.7 Å². The van der Waals surface area contributed by atoms with Crippen LogP contribution in [0.3, 0.4) is 0 Å². The summed E-state index contributed by atoms with van der Waals surface area (Å²) in [4.78, 5) is 9.76. The van der Waals surface area contributed by atoms with Crippen LogP contribution in [0.4, 0.5) is 0 Å². The smallest absolute Gasteiger partial charge is 0.124 e. The quantitative estimate of drug-likeness (QED) is 0.186. The largest absolute Gasteiger partial charge is 0.507 e. The number of para-hydroxylation sites is 1. The van der Waals surface area contributed by atoms with E-state index in [-0.39, 0.29) is 43.1 Å². The molecule has 0 bridgehead atoms. The predicted molar refractivity (Wildman–Crippen MR) is 180 cm³/mol. The van der Waals surface area contributed by atoms with E-state index in [0.29, 0.717) is 5.56 Å². The third kappa shape index (κ3) is 7.38. The van der Waals surface area contributed by atoms with Crippen LogP contribution in [-0.2, 0) is 37.3 Å². The van der Waals surface area contributed by atoms with Gasteiger partial charge < -0.3 is 5.11 Å². The second-order valence-electron chi connectivity index (χ2n) is 14.6. The number of hydrogen-bond donors (Lipinski definition) is 1. The van der Waals surface area contributed by atoms with Crippen LogP contribution >= 0.6 is 0 Å². The van der Waals surface area contributed by atoms with Gasteiger partial charge in [0.15, 0.2) is 0 Å². The van der Waals surface area contributed by atoms with Gasteiger partial charge in [-0.3, -0.25) is 9.97 Å². The molecule has 0 spiro atoms. The number of nitrogens with zero attached hydrogens (tertiary/aromatic N) is 2. The van der Waals surface area contributed by atoms with Crippen molar-refractivity contribution >= 4 is 0 Å². The topological polar surface area (TPSA) is 46.0 Å². The van der Waals surface area contributed by atoms with Crippen molar-refractivity contribution in [1.82, 2.24) is 9.97 Å². The Hall–Kier alpha value is -3.55. The van der Waals surface area contributed by atoms with E-state index in [4.69, 9.17) is 4.98 Å². The minimum atomic E-state index is -0.0108. The molecule has 0 radical (unpaired) electrons. The second-order valence-corrected chi connectivity index (χ2v) is 14.6. The first-order valence-corrected chi connectivity index (χ1v) is 15.1. The molecule has 230 valence electrons. The van der Waals surface area contributed by atoms with Gasteiger partial charge in [-0.05, 0) is 68.3 Å². The van der Waals surface area contributed by atoms with Crippen LogP contribution in [0.15, 0.2) is 91.1 Å². The van der Waals surface area contributed by atoms with Gasteiger partial charge in [-0.15, -0.1) is 24.3 Å². The first kappa shape index (κ1) is 33.3. The van der Waals surface area contributed by atoms with Crippen LogP contribution in [0.25, 0.3) is 44.9 Å². The number of pyridine rings is 2. The van der Waals surface area contributed by atoms with E-state index >= 15 is 0 Å². The van der Waals surface area contributed by atoms with Gasteiger partial charge in [-0.1, -0.05) is 116 Å². The maximum Gasteiger partial charge on any atom is 0.124 e. The average Bonchev–Trinajstić information content (AvgIpc) is 2.96. The fraction of sp³-hybridized carbons (Fsp3) is 0.300. The fourth-order valence-corrected chi connectivity index (χ4v) is 5.14. The van der Waals surface area contributed by atoms with E-state index in [1.54, 1.807) is 6.07 Å². The number of phenols is 1. The normalized spacial score (nSPS) is 12.1. The maximum absolute atomic E-state index is 10.8. The molecule has 0 saturated heterocycles. The number of rotatable bonds is 4. The van der Waals surface area contributed by atoms with Crippen LogP contribution in [0, 0.1) is 6.07 Å². The Morgan fingerprint density at radius 2 is 1.09 bits per heavy atom. The van der Waals surface area contributed by atoms with Crippen molar-refractivity contribution in [1.29, 1.82) is 0 Å². The summed E-state index contributed by atoms with van der Waals surface area (Å²) in [6.07, 6.45) is 1.88. The predicted octanol–water partition coefficient (Wildman–Crippen LogP) is 10.5. The van der Waals surface area contributed by atoms with E-state index in [9.17, 15) is 5.11 Å². The van der Waals surface area contributed by atoms with Crippen molar-refractivity contribution in [2.75, 3.05) is 0 Å². The Morgan fingerprint density at radius 1 is 0.545 bits per heavy atom. The molecule has 0 aliphatic rings. The molecule has 3 nitrogen and oxygen atoms in total. The zero-order valence-electron chi connectivity index (χ0n) is 27.3. The summed E-state index contributed by atoms with van der Waals surface area (Å²) in [6, 6.07) is 32.5. The van der Waals surface area contributed by atoms with Gasteiger partial charge in [-0.2, -0.15) is 0 Å². The first-order chi connectivity index (χ1) is 20.1. The SMILES string of the molecule is CC(C)(C)c1cc(-c2cc(-c3[c-]c(-c4cc(C(C)(C)C)ccn4)ccc3)nc(-c3ccccc3O)c2)cc(C(C)(C)C)c1.[Pt]. The summed E-state index contributed by atoms with van der Waals surface area (Å²) in [7, 11) is 0. The summed E-state index contributed by atoms with van der Waals surface area (Å²) in [5.74, 6) is 0.206. The molecule has 2 heterocycles. The summed E-state index contributed by atoms with van der Waals surface area (Å²) < 4.78 is 0. The number of hydrogen-bond acceptors (Lipinski definition) is 3. The molecule has 5 rings (SSSR count). The molecule has 3 aromatic carbocycles. The maximum atomic E-state index is 10.8. The van der Waals surface area contributed by atoms with Crippen LogP contribution in [-0.4, -0.2) is 15.1 Å². The van der Waals surface area contributed by atoms with E-state index in [2.05, 4.69) is 122 Å². The van der Waals surface area contributed by atoms with Crippen molar-refractivity contribution < 1.29 is 26.2 Å². The summed E-state index contributed by atoms with van der Waals surface area (Å²) in [5.41, 5.74) is 10.9. The van der Waals surface area contributed by atoms with E-state index < -0.39 is 0 Å². The number of aromatic hydroxyl groups is 1. The van der Waals surface area contributed by atoms with Gasteiger partial charge in [0.25, 0.3) is 0 Å². The first-order valence-electron chi connectivity index (χ1n) is 15.1. The Labute approximate surface area is 278 Å². The molecule has 1 N–H and O–H groups in total. The van der Waals surface area contributed by atoms with Gasteiger partial charge in [-0.25, -0.2) is 0 Å². The molecule has 5 aromatic rings. The molecule has 0 aliphatic carbocycles. The second kappa shape index (κ2) is 12.4. The zero-order chi connectivity index (χ0) is 31.2. The fourth-order valence-electron chi connectivity index (χ4n) is 5.14. The number of aromatic nitrogens is 2. The van der Waals surface area contributed by atoms with Gasteiger partial charge >= 0.3 is 0 Å². The molecule has 4 heteroatoms. The Morgan fingerprint density at radius 3 is 1.68 bits per heavy atom. The molecule has 0 atom stereocenters. The molecule has 44 heavy (non-hydrogen) atoms. The van der Waals surface area contributed by atoms with Crippen LogP contribution in [0.1, 0.15) is 79.0 Å². The average molecular weight is 763 g/mol. The van der Waals surface area contributed by atoms with Gasteiger partial charge in [0.05, 0.1) is 5.69 Å².